The first-order valence-corrected chi connectivity index (χ1v) is 8.02. The highest BCUT2D eigenvalue weighted by Gasteiger charge is 2.42. The molecule has 0 aromatic carbocycles. The Hall–Kier alpha value is -0.990. The number of hydrogen-bond acceptors (Lipinski definition) is 6. The summed E-state index contributed by atoms with van der Waals surface area (Å²) in [5.41, 5.74) is 0. The van der Waals surface area contributed by atoms with Crippen LogP contribution in [0.1, 0.15) is 43.9 Å². The summed E-state index contributed by atoms with van der Waals surface area (Å²) >= 11 is 0. The van der Waals surface area contributed by atoms with Gasteiger partial charge in [-0.3, -0.25) is 0 Å². The summed E-state index contributed by atoms with van der Waals surface area (Å²) in [5.74, 6) is 0.802. The van der Waals surface area contributed by atoms with Crippen molar-refractivity contribution >= 4 is 10.0 Å². The van der Waals surface area contributed by atoms with E-state index in [0.717, 1.165) is 6.42 Å². The standard InChI is InChI=1S/C11H19N3O4S/c1-3-4-5-19(16,17)14-7-9(15)6-10(14)11-12-8(2)13-18-11/h9-10,15H,3-7H2,1-2H3/t9-,10+/m0/s1. The second kappa shape index (κ2) is 5.56. The Morgan fingerprint density at radius 3 is 2.84 bits per heavy atom. The maximum atomic E-state index is 12.3. The largest absolute Gasteiger partial charge is 0.392 e. The Labute approximate surface area is 112 Å². The van der Waals surface area contributed by atoms with Gasteiger partial charge in [0.05, 0.1) is 11.9 Å². The number of β-amino-alcohol motifs (C(OH)–C–C–N with tert-alkyl or cyclic N) is 1. The lowest BCUT2D eigenvalue weighted by atomic mass is 10.2. The van der Waals surface area contributed by atoms with E-state index in [9.17, 15) is 13.5 Å². The van der Waals surface area contributed by atoms with Gasteiger partial charge in [-0.15, -0.1) is 0 Å². The maximum Gasteiger partial charge on any atom is 0.245 e. The molecule has 0 unspecified atom stereocenters. The summed E-state index contributed by atoms with van der Waals surface area (Å²) in [6.45, 7) is 3.71. The SMILES string of the molecule is CCCCS(=O)(=O)N1C[C@@H](O)C[C@@H]1c1nc(C)no1. The van der Waals surface area contributed by atoms with Gasteiger partial charge in [0.25, 0.3) is 0 Å². The molecule has 0 aliphatic carbocycles. The highest BCUT2D eigenvalue weighted by molar-refractivity contribution is 7.89. The van der Waals surface area contributed by atoms with Crippen molar-refractivity contribution in [1.82, 2.24) is 14.4 Å². The fourth-order valence-electron chi connectivity index (χ4n) is 2.21. The molecule has 0 spiro atoms. The summed E-state index contributed by atoms with van der Waals surface area (Å²) in [5, 5.41) is 13.4. The van der Waals surface area contributed by atoms with E-state index in [1.807, 2.05) is 6.92 Å². The van der Waals surface area contributed by atoms with Crippen LogP contribution in [0.15, 0.2) is 4.52 Å². The van der Waals surface area contributed by atoms with Crippen molar-refractivity contribution in [3.63, 3.8) is 0 Å². The highest BCUT2D eigenvalue weighted by atomic mass is 32.2. The molecule has 2 heterocycles. The highest BCUT2D eigenvalue weighted by Crippen LogP contribution is 2.33. The van der Waals surface area contributed by atoms with Gasteiger partial charge in [-0.2, -0.15) is 9.29 Å². The first-order valence-electron chi connectivity index (χ1n) is 6.42. The molecule has 2 atom stereocenters. The third-order valence-electron chi connectivity index (χ3n) is 3.18. The Kier molecular flexibility index (Phi) is 4.22. The molecule has 1 aromatic heterocycles. The van der Waals surface area contributed by atoms with Gasteiger partial charge in [0.1, 0.15) is 6.04 Å². The number of unbranched alkanes of at least 4 members (excludes halogenated alkanes) is 1. The lowest BCUT2D eigenvalue weighted by Gasteiger charge is -2.20. The van der Waals surface area contributed by atoms with E-state index in [1.54, 1.807) is 6.92 Å². The molecule has 1 aromatic rings. The number of aromatic nitrogens is 2. The van der Waals surface area contributed by atoms with Gasteiger partial charge in [0, 0.05) is 13.0 Å². The van der Waals surface area contributed by atoms with E-state index in [-0.39, 0.29) is 18.2 Å². The number of rotatable bonds is 5. The van der Waals surface area contributed by atoms with Crippen LogP contribution >= 0.6 is 0 Å². The van der Waals surface area contributed by atoms with Gasteiger partial charge < -0.3 is 9.63 Å². The summed E-state index contributed by atoms with van der Waals surface area (Å²) < 4.78 is 30.8. The van der Waals surface area contributed by atoms with Crippen molar-refractivity contribution in [2.45, 2.75) is 45.3 Å². The molecule has 8 heteroatoms. The molecular formula is C11H19N3O4S. The first-order chi connectivity index (χ1) is 8.94. The van der Waals surface area contributed by atoms with Gasteiger partial charge in [-0.1, -0.05) is 18.5 Å². The van der Waals surface area contributed by atoms with E-state index in [0.29, 0.717) is 18.7 Å². The van der Waals surface area contributed by atoms with Gasteiger partial charge in [-0.05, 0) is 13.3 Å². The van der Waals surface area contributed by atoms with E-state index >= 15 is 0 Å². The smallest absolute Gasteiger partial charge is 0.245 e. The van der Waals surface area contributed by atoms with Crippen molar-refractivity contribution in [2.24, 2.45) is 0 Å². The van der Waals surface area contributed by atoms with Crippen LogP contribution in [0.2, 0.25) is 0 Å². The molecule has 7 nitrogen and oxygen atoms in total. The Morgan fingerprint density at radius 2 is 2.26 bits per heavy atom. The molecule has 1 saturated heterocycles. The summed E-state index contributed by atoms with van der Waals surface area (Å²) in [6, 6.07) is -0.543. The van der Waals surface area contributed by atoms with E-state index in [2.05, 4.69) is 10.1 Å². The topological polar surface area (TPSA) is 96.5 Å². The Balaban J connectivity index is 2.22. The Bertz CT molecular complexity index is 528. The molecule has 1 fully saturated rings. The average Bonchev–Trinajstić information content (AvgIpc) is 2.93. The maximum absolute atomic E-state index is 12.3. The summed E-state index contributed by atoms with van der Waals surface area (Å²) in [7, 11) is -3.40. The number of nitrogens with zero attached hydrogens (tertiary/aromatic N) is 3. The van der Waals surface area contributed by atoms with E-state index in [1.165, 1.54) is 4.31 Å². The minimum Gasteiger partial charge on any atom is -0.392 e. The average molecular weight is 289 g/mol. The van der Waals surface area contributed by atoms with E-state index < -0.39 is 22.2 Å². The molecule has 0 saturated carbocycles. The summed E-state index contributed by atoms with van der Waals surface area (Å²) in [6.07, 6.45) is 1.02. The first kappa shape index (κ1) is 14.4. The van der Waals surface area contributed by atoms with Crippen LogP contribution < -0.4 is 0 Å². The van der Waals surface area contributed by atoms with E-state index in [4.69, 9.17) is 4.52 Å². The molecule has 0 radical (unpaired) electrons. The summed E-state index contributed by atoms with van der Waals surface area (Å²) in [4.78, 5) is 4.08. The normalized spacial score (nSPS) is 25.0. The van der Waals surface area contributed by atoms with Gasteiger partial charge in [0.15, 0.2) is 5.82 Å². The Morgan fingerprint density at radius 1 is 1.53 bits per heavy atom. The van der Waals surface area contributed by atoms with Crippen molar-refractivity contribution in [3.8, 4) is 0 Å². The van der Waals surface area contributed by atoms with Gasteiger partial charge >= 0.3 is 0 Å². The minimum absolute atomic E-state index is 0.0832. The fraction of sp³-hybridized carbons (Fsp3) is 0.818. The molecule has 19 heavy (non-hydrogen) atoms. The van der Waals surface area contributed by atoms with Crippen molar-refractivity contribution in [2.75, 3.05) is 12.3 Å². The quantitative estimate of drug-likeness (QED) is 0.853. The molecule has 108 valence electrons. The fourth-order valence-corrected chi connectivity index (χ4v) is 4.06. The number of aryl methyl sites for hydroxylation is 1. The zero-order valence-corrected chi connectivity index (χ0v) is 11.9. The molecule has 1 N–H and O–H groups in total. The second-order valence-electron chi connectivity index (χ2n) is 4.82. The van der Waals surface area contributed by atoms with Crippen molar-refractivity contribution in [3.05, 3.63) is 11.7 Å². The van der Waals surface area contributed by atoms with Crippen LogP contribution in [-0.4, -0.2) is 46.4 Å². The van der Waals surface area contributed by atoms with Crippen LogP contribution in [0.3, 0.4) is 0 Å². The second-order valence-corrected chi connectivity index (χ2v) is 6.87. The van der Waals surface area contributed by atoms with Crippen LogP contribution in [0.5, 0.6) is 0 Å². The van der Waals surface area contributed by atoms with Crippen LogP contribution in [-0.2, 0) is 10.0 Å². The minimum atomic E-state index is -3.40. The molecule has 0 bridgehead atoms. The third-order valence-corrected chi connectivity index (χ3v) is 5.10. The van der Waals surface area contributed by atoms with Crippen molar-refractivity contribution < 1.29 is 18.0 Å². The zero-order valence-electron chi connectivity index (χ0n) is 11.1. The molecule has 1 aliphatic heterocycles. The van der Waals surface area contributed by atoms with Gasteiger partial charge in [-0.25, -0.2) is 8.42 Å². The number of aliphatic hydroxyl groups excluding tert-OH is 1. The van der Waals surface area contributed by atoms with Crippen molar-refractivity contribution in [1.29, 1.82) is 0 Å². The number of hydrogen-bond donors (Lipinski definition) is 1. The molecular weight excluding hydrogens is 270 g/mol. The molecule has 2 rings (SSSR count). The van der Waals surface area contributed by atoms with Gasteiger partial charge in [0.2, 0.25) is 15.9 Å². The predicted molar refractivity (Wildman–Crippen MR) is 67.8 cm³/mol. The molecule has 1 aliphatic rings. The van der Waals surface area contributed by atoms with Crippen LogP contribution in [0.4, 0.5) is 0 Å². The molecule has 0 amide bonds. The lowest BCUT2D eigenvalue weighted by Crippen LogP contribution is -2.33. The van der Waals surface area contributed by atoms with Crippen LogP contribution in [0.25, 0.3) is 0 Å². The van der Waals surface area contributed by atoms with Crippen LogP contribution in [0, 0.1) is 6.92 Å². The monoisotopic (exact) mass is 289 g/mol. The predicted octanol–water partition coefficient (Wildman–Crippen LogP) is 0.616. The lowest BCUT2D eigenvalue weighted by molar-refractivity contribution is 0.188. The third kappa shape index (κ3) is 3.13. The number of sulfonamides is 1. The number of aliphatic hydroxyl groups is 1. The zero-order chi connectivity index (χ0) is 14.0.